The molecule has 1 aromatic heterocycles. The molecule has 0 bridgehead atoms. The van der Waals surface area contributed by atoms with E-state index in [-0.39, 0.29) is 16.6 Å². The smallest absolute Gasteiger partial charge is 0.238 e. The topological polar surface area (TPSA) is 107 Å². The third kappa shape index (κ3) is 5.34. The van der Waals surface area contributed by atoms with Crippen LogP contribution in [0.4, 0.5) is 5.69 Å². The first kappa shape index (κ1) is 22.6. The van der Waals surface area contributed by atoms with Crippen LogP contribution in [0.5, 0.6) is 0 Å². The molecule has 0 fully saturated rings. The van der Waals surface area contributed by atoms with Crippen molar-refractivity contribution in [1.29, 1.82) is 0 Å². The Morgan fingerprint density at radius 1 is 1.27 bits per heavy atom. The van der Waals surface area contributed by atoms with Gasteiger partial charge in [-0.15, -0.1) is 0 Å². The minimum Gasteiger partial charge on any atom is -0.325 e. The molecule has 3 rings (SSSR count). The summed E-state index contributed by atoms with van der Waals surface area (Å²) >= 11 is 7.41. The standard InChI is InChI=1S/C20H23ClN4O3S2/c1-3-4-9-25-18-8-7-15(30(22,27)28)11-17(18)24-20(25)29-12-19(26)23-14-6-5-13(2)16(21)10-14/h5-8,10-11H,3-4,9,12H2,1-2H3,(H,23,26)(H2,22,27,28). The maximum atomic E-state index is 12.4. The van der Waals surface area contributed by atoms with Crippen LogP contribution in [-0.2, 0) is 21.4 Å². The summed E-state index contributed by atoms with van der Waals surface area (Å²) < 4.78 is 25.3. The average molecular weight is 467 g/mol. The van der Waals surface area contributed by atoms with Gasteiger partial charge in [0.2, 0.25) is 15.9 Å². The number of carbonyl (C=O) groups excluding carboxylic acids is 1. The number of fused-ring (bicyclic) bond motifs is 1. The summed E-state index contributed by atoms with van der Waals surface area (Å²) in [6.07, 6.45) is 1.93. The molecule has 0 saturated carbocycles. The molecule has 160 valence electrons. The molecule has 0 aliphatic heterocycles. The van der Waals surface area contributed by atoms with Crippen LogP contribution in [-0.4, -0.2) is 29.6 Å². The minimum absolute atomic E-state index is 0.0145. The van der Waals surface area contributed by atoms with Crippen molar-refractivity contribution in [2.45, 2.75) is 43.3 Å². The van der Waals surface area contributed by atoms with E-state index in [1.807, 2.05) is 17.6 Å². The molecule has 0 radical (unpaired) electrons. The number of nitrogens with two attached hydrogens (primary N) is 1. The van der Waals surface area contributed by atoms with E-state index in [0.717, 1.165) is 30.5 Å². The molecule has 1 amide bonds. The van der Waals surface area contributed by atoms with Crippen LogP contribution in [0.15, 0.2) is 46.5 Å². The summed E-state index contributed by atoms with van der Waals surface area (Å²) in [5, 5.41) is 9.31. The van der Waals surface area contributed by atoms with Gasteiger partial charge in [0.25, 0.3) is 0 Å². The Morgan fingerprint density at radius 3 is 2.70 bits per heavy atom. The van der Waals surface area contributed by atoms with E-state index in [1.54, 1.807) is 18.2 Å². The number of halogens is 1. The monoisotopic (exact) mass is 466 g/mol. The Hall–Kier alpha value is -2.07. The maximum absolute atomic E-state index is 12.4. The highest BCUT2D eigenvalue weighted by molar-refractivity contribution is 7.99. The number of imidazole rings is 1. The normalized spacial score (nSPS) is 11.7. The second kappa shape index (κ2) is 9.38. The van der Waals surface area contributed by atoms with Crippen molar-refractivity contribution in [2.75, 3.05) is 11.1 Å². The maximum Gasteiger partial charge on any atom is 0.238 e. The van der Waals surface area contributed by atoms with Gasteiger partial charge in [-0.2, -0.15) is 0 Å². The molecule has 1 heterocycles. The lowest BCUT2D eigenvalue weighted by Crippen LogP contribution is -2.14. The molecule has 3 aromatic rings. The van der Waals surface area contributed by atoms with Gasteiger partial charge in [0.05, 0.1) is 21.7 Å². The number of sulfonamides is 1. The fourth-order valence-corrected chi connectivity index (χ4v) is 4.46. The number of nitrogens with one attached hydrogen (secondary N) is 1. The molecule has 2 aromatic carbocycles. The van der Waals surface area contributed by atoms with E-state index < -0.39 is 10.0 Å². The lowest BCUT2D eigenvalue weighted by molar-refractivity contribution is -0.113. The third-order valence-electron chi connectivity index (χ3n) is 4.54. The molecular weight excluding hydrogens is 444 g/mol. The van der Waals surface area contributed by atoms with Gasteiger partial charge < -0.3 is 9.88 Å². The molecule has 30 heavy (non-hydrogen) atoms. The summed E-state index contributed by atoms with van der Waals surface area (Å²) in [4.78, 5) is 17.0. The highest BCUT2D eigenvalue weighted by atomic mass is 35.5. The molecule has 0 saturated heterocycles. The van der Waals surface area contributed by atoms with Gasteiger partial charge in [-0.1, -0.05) is 42.8 Å². The molecule has 0 spiro atoms. The van der Waals surface area contributed by atoms with Gasteiger partial charge in [0, 0.05) is 17.3 Å². The number of benzene rings is 2. The SMILES string of the molecule is CCCCn1c(SCC(=O)Nc2ccc(C)c(Cl)c2)nc2cc(S(N)(=O)=O)ccc21. The van der Waals surface area contributed by atoms with Crippen molar-refractivity contribution in [2.24, 2.45) is 5.14 Å². The van der Waals surface area contributed by atoms with Crippen molar-refractivity contribution in [3.63, 3.8) is 0 Å². The van der Waals surface area contributed by atoms with E-state index in [9.17, 15) is 13.2 Å². The first-order valence-corrected chi connectivity index (χ1v) is 12.3. The van der Waals surface area contributed by atoms with Crippen LogP contribution in [0, 0.1) is 6.92 Å². The van der Waals surface area contributed by atoms with Crippen LogP contribution in [0.2, 0.25) is 5.02 Å². The predicted molar refractivity (Wildman–Crippen MR) is 122 cm³/mol. The molecule has 10 heteroatoms. The number of aryl methyl sites for hydroxylation is 2. The Kier molecular flexibility index (Phi) is 7.07. The fraction of sp³-hybridized carbons (Fsp3) is 0.300. The van der Waals surface area contributed by atoms with E-state index in [0.29, 0.717) is 21.4 Å². The molecular formula is C20H23ClN4O3S2. The van der Waals surface area contributed by atoms with Crippen molar-refractivity contribution >= 4 is 56.0 Å². The van der Waals surface area contributed by atoms with Crippen LogP contribution >= 0.6 is 23.4 Å². The number of anilines is 1. The molecule has 7 nitrogen and oxygen atoms in total. The van der Waals surface area contributed by atoms with Crippen molar-refractivity contribution in [3.05, 3.63) is 47.0 Å². The lowest BCUT2D eigenvalue weighted by atomic mass is 10.2. The van der Waals surface area contributed by atoms with Crippen molar-refractivity contribution in [1.82, 2.24) is 9.55 Å². The van der Waals surface area contributed by atoms with Gasteiger partial charge in [-0.3, -0.25) is 4.79 Å². The number of nitrogens with zero attached hydrogens (tertiary/aromatic N) is 2. The second-order valence-corrected chi connectivity index (χ2v) is 9.81. The zero-order valence-corrected chi connectivity index (χ0v) is 19.1. The fourth-order valence-electron chi connectivity index (χ4n) is 2.90. The number of unbranched alkanes of at least 4 members (excludes halogenated alkanes) is 1. The molecule has 0 aliphatic carbocycles. The number of hydrogen-bond acceptors (Lipinski definition) is 5. The quantitative estimate of drug-likeness (QED) is 0.484. The van der Waals surface area contributed by atoms with Crippen molar-refractivity contribution in [3.8, 4) is 0 Å². The van der Waals surface area contributed by atoms with Gasteiger partial charge in [0.1, 0.15) is 0 Å². The Balaban J connectivity index is 1.80. The number of amides is 1. The molecule has 0 unspecified atom stereocenters. The van der Waals surface area contributed by atoms with Gasteiger partial charge in [0.15, 0.2) is 5.16 Å². The predicted octanol–water partition coefficient (Wildman–Crippen LogP) is 4.18. The zero-order valence-electron chi connectivity index (χ0n) is 16.7. The first-order valence-electron chi connectivity index (χ1n) is 9.41. The van der Waals surface area contributed by atoms with E-state index >= 15 is 0 Å². The van der Waals surface area contributed by atoms with E-state index in [1.165, 1.54) is 23.9 Å². The summed E-state index contributed by atoms with van der Waals surface area (Å²) in [5.41, 5.74) is 2.91. The van der Waals surface area contributed by atoms with Crippen LogP contribution in [0.1, 0.15) is 25.3 Å². The molecule has 3 N–H and O–H groups in total. The van der Waals surface area contributed by atoms with Gasteiger partial charge in [-0.25, -0.2) is 18.5 Å². The number of aromatic nitrogens is 2. The third-order valence-corrected chi connectivity index (χ3v) is 6.83. The summed E-state index contributed by atoms with van der Waals surface area (Å²) in [7, 11) is -3.81. The summed E-state index contributed by atoms with van der Waals surface area (Å²) in [6.45, 7) is 4.70. The Labute approximate surface area is 185 Å². The molecule has 0 atom stereocenters. The highest BCUT2D eigenvalue weighted by Gasteiger charge is 2.16. The summed E-state index contributed by atoms with van der Waals surface area (Å²) in [6, 6.07) is 10.0. The lowest BCUT2D eigenvalue weighted by Gasteiger charge is -2.09. The minimum atomic E-state index is -3.81. The highest BCUT2D eigenvalue weighted by Crippen LogP contribution is 2.27. The first-order chi connectivity index (χ1) is 14.2. The number of thioether (sulfide) groups is 1. The van der Waals surface area contributed by atoms with E-state index in [4.69, 9.17) is 16.7 Å². The summed E-state index contributed by atoms with van der Waals surface area (Å²) in [5.74, 6) is -0.0255. The van der Waals surface area contributed by atoms with Crippen LogP contribution in [0.3, 0.4) is 0 Å². The van der Waals surface area contributed by atoms with Crippen molar-refractivity contribution < 1.29 is 13.2 Å². The number of primary sulfonamides is 1. The van der Waals surface area contributed by atoms with Gasteiger partial charge in [-0.05, 0) is 49.2 Å². The number of hydrogen-bond donors (Lipinski definition) is 2. The Morgan fingerprint density at radius 2 is 2.03 bits per heavy atom. The number of rotatable bonds is 8. The zero-order chi connectivity index (χ0) is 21.9. The Bertz CT molecular complexity index is 1190. The number of carbonyl (C=O) groups is 1. The van der Waals surface area contributed by atoms with E-state index in [2.05, 4.69) is 17.2 Å². The second-order valence-electron chi connectivity index (χ2n) is 6.90. The van der Waals surface area contributed by atoms with Crippen LogP contribution < -0.4 is 10.5 Å². The largest absolute Gasteiger partial charge is 0.325 e. The average Bonchev–Trinajstić information content (AvgIpc) is 3.03. The van der Waals surface area contributed by atoms with Gasteiger partial charge >= 0.3 is 0 Å². The molecule has 0 aliphatic rings. The van der Waals surface area contributed by atoms with Crippen LogP contribution in [0.25, 0.3) is 11.0 Å².